The van der Waals surface area contributed by atoms with E-state index in [2.05, 4.69) is 5.32 Å². The zero-order valence-electron chi connectivity index (χ0n) is 14.1. The molecule has 1 amide bonds. The zero-order valence-corrected chi connectivity index (χ0v) is 14.1. The van der Waals surface area contributed by atoms with Crippen molar-refractivity contribution in [1.29, 1.82) is 0 Å². The lowest BCUT2D eigenvalue weighted by molar-refractivity contribution is -0.121. The van der Waals surface area contributed by atoms with Crippen LogP contribution in [0.3, 0.4) is 0 Å². The monoisotopic (exact) mass is 319 g/mol. The van der Waals surface area contributed by atoms with E-state index in [-0.39, 0.29) is 11.9 Å². The number of carbonyl (C=O) groups excluding carboxylic acids is 1. The molecule has 1 aliphatic rings. The summed E-state index contributed by atoms with van der Waals surface area (Å²) >= 11 is 0. The van der Waals surface area contributed by atoms with Gasteiger partial charge in [-0.15, -0.1) is 0 Å². The van der Waals surface area contributed by atoms with Crippen molar-refractivity contribution in [3.05, 3.63) is 35.6 Å². The number of ether oxygens (including phenoxy) is 3. The molecule has 5 nitrogen and oxygen atoms in total. The molecule has 1 aliphatic heterocycles. The second kappa shape index (κ2) is 8.46. The van der Waals surface area contributed by atoms with Gasteiger partial charge in [0.05, 0.1) is 25.9 Å². The molecule has 0 saturated heterocycles. The van der Waals surface area contributed by atoms with Gasteiger partial charge in [0.15, 0.2) is 17.3 Å². The smallest absolute Gasteiger partial charge is 0.286 e. The number of rotatable bonds is 7. The van der Waals surface area contributed by atoms with Crippen molar-refractivity contribution < 1.29 is 19.0 Å². The van der Waals surface area contributed by atoms with Gasteiger partial charge in [0, 0.05) is 0 Å². The number of hydrogen-bond donors (Lipinski definition) is 1. The Morgan fingerprint density at radius 1 is 1.26 bits per heavy atom. The van der Waals surface area contributed by atoms with Gasteiger partial charge in [-0.3, -0.25) is 4.79 Å². The lowest BCUT2D eigenvalue weighted by Gasteiger charge is -2.19. The largest absolute Gasteiger partial charge is 0.490 e. The van der Waals surface area contributed by atoms with Crippen LogP contribution < -0.4 is 14.8 Å². The number of nitrogens with one attached hydrogen (secondary N) is 1. The van der Waals surface area contributed by atoms with Crippen LogP contribution in [0.1, 0.15) is 45.2 Å². The Labute approximate surface area is 137 Å². The molecule has 2 rings (SSSR count). The van der Waals surface area contributed by atoms with Gasteiger partial charge in [-0.1, -0.05) is 6.07 Å². The van der Waals surface area contributed by atoms with Gasteiger partial charge in [-0.25, -0.2) is 0 Å². The maximum absolute atomic E-state index is 12.2. The third-order valence-electron chi connectivity index (χ3n) is 3.57. The molecule has 23 heavy (non-hydrogen) atoms. The molecular formula is C18H25NO4. The molecule has 0 fully saturated rings. The highest BCUT2D eigenvalue weighted by atomic mass is 16.5. The van der Waals surface area contributed by atoms with E-state index in [9.17, 15) is 4.79 Å². The zero-order chi connectivity index (χ0) is 16.7. The summed E-state index contributed by atoms with van der Waals surface area (Å²) in [5, 5.41) is 2.96. The van der Waals surface area contributed by atoms with E-state index in [0.29, 0.717) is 31.3 Å². The number of benzene rings is 1. The molecule has 1 heterocycles. The summed E-state index contributed by atoms with van der Waals surface area (Å²) in [5.41, 5.74) is 0.960. The van der Waals surface area contributed by atoms with Crippen LogP contribution in [-0.2, 0) is 9.53 Å². The van der Waals surface area contributed by atoms with Crippen molar-refractivity contribution >= 4 is 5.91 Å². The molecule has 0 aromatic heterocycles. The highest BCUT2D eigenvalue weighted by Crippen LogP contribution is 2.30. The molecule has 1 aromatic rings. The minimum atomic E-state index is -0.177. The average Bonchev–Trinajstić information content (AvgIpc) is 2.57. The number of hydrogen-bond acceptors (Lipinski definition) is 4. The standard InChI is InChI=1S/C18H25NO4/c1-4-21-15-10-9-14(12-17(15)22-5-2)13(3)19-18(20)16-8-6-7-11-23-16/h8-10,12-13H,4-7,11H2,1-3H3,(H,19,20). The third kappa shape index (κ3) is 4.65. The van der Waals surface area contributed by atoms with E-state index in [1.165, 1.54) is 0 Å². The third-order valence-corrected chi connectivity index (χ3v) is 3.57. The number of carbonyl (C=O) groups is 1. The molecule has 5 heteroatoms. The van der Waals surface area contributed by atoms with Crippen LogP contribution >= 0.6 is 0 Å². The fourth-order valence-electron chi connectivity index (χ4n) is 2.40. The number of amides is 1. The summed E-state index contributed by atoms with van der Waals surface area (Å²) in [4.78, 5) is 12.2. The highest BCUT2D eigenvalue weighted by molar-refractivity contribution is 5.91. The summed E-state index contributed by atoms with van der Waals surface area (Å²) in [6, 6.07) is 5.58. The van der Waals surface area contributed by atoms with E-state index in [1.807, 2.05) is 45.0 Å². The fourth-order valence-corrected chi connectivity index (χ4v) is 2.40. The average molecular weight is 319 g/mol. The van der Waals surface area contributed by atoms with Crippen LogP contribution in [0.5, 0.6) is 11.5 Å². The van der Waals surface area contributed by atoms with E-state index >= 15 is 0 Å². The van der Waals surface area contributed by atoms with E-state index in [0.717, 1.165) is 24.2 Å². The molecule has 1 N–H and O–H groups in total. The van der Waals surface area contributed by atoms with Crippen molar-refractivity contribution in [3.8, 4) is 11.5 Å². The summed E-state index contributed by atoms with van der Waals surface area (Å²) in [5.74, 6) is 1.65. The van der Waals surface area contributed by atoms with Crippen molar-refractivity contribution in [1.82, 2.24) is 5.32 Å². The molecule has 1 atom stereocenters. The topological polar surface area (TPSA) is 56.8 Å². The summed E-state index contributed by atoms with van der Waals surface area (Å²) < 4.78 is 16.6. The minimum absolute atomic E-state index is 0.149. The van der Waals surface area contributed by atoms with E-state index in [1.54, 1.807) is 0 Å². The Morgan fingerprint density at radius 2 is 2.00 bits per heavy atom. The first-order chi connectivity index (χ1) is 11.2. The molecule has 0 aliphatic carbocycles. The lowest BCUT2D eigenvalue weighted by atomic mass is 10.1. The van der Waals surface area contributed by atoms with Crippen molar-refractivity contribution in [3.63, 3.8) is 0 Å². The van der Waals surface area contributed by atoms with E-state index in [4.69, 9.17) is 14.2 Å². The highest BCUT2D eigenvalue weighted by Gasteiger charge is 2.18. The van der Waals surface area contributed by atoms with E-state index < -0.39 is 0 Å². The van der Waals surface area contributed by atoms with Gasteiger partial charge in [0.25, 0.3) is 5.91 Å². The van der Waals surface area contributed by atoms with Crippen molar-refractivity contribution in [2.24, 2.45) is 0 Å². The van der Waals surface area contributed by atoms with Crippen molar-refractivity contribution in [2.45, 2.75) is 39.7 Å². The van der Waals surface area contributed by atoms with Gasteiger partial charge in [-0.2, -0.15) is 0 Å². The predicted molar refractivity (Wildman–Crippen MR) is 88.6 cm³/mol. The van der Waals surface area contributed by atoms with Crippen LogP contribution in [0.15, 0.2) is 30.0 Å². The Kier molecular flexibility index (Phi) is 6.32. The Hall–Kier alpha value is -2.17. The maximum atomic E-state index is 12.2. The second-order valence-corrected chi connectivity index (χ2v) is 5.33. The summed E-state index contributed by atoms with van der Waals surface area (Å²) in [7, 11) is 0. The SMILES string of the molecule is CCOc1ccc(C(C)NC(=O)C2=CCCCO2)cc1OCC. The van der Waals surface area contributed by atoms with Crippen LogP contribution in [0.4, 0.5) is 0 Å². The van der Waals surface area contributed by atoms with Crippen LogP contribution in [0.2, 0.25) is 0 Å². The second-order valence-electron chi connectivity index (χ2n) is 5.33. The minimum Gasteiger partial charge on any atom is -0.490 e. The molecule has 0 bridgehead atoms. The Balaban J connectivity index is 2.08. The molecule has 0 saturated carbocycles. The molecule has 1 aromatic carbocycles. The molecule has 0 spiro atoms. The first-order valence-corrected chi connectivity index (χ1v) is 8.19. The maximum Gasteiger partial charge on any atom is 0.286 e. The summed E-state index contributed by atoms with van der Waals surface area (Å²) in [6.45, 7) is 7.55. The van der Waals surface area contributed by atoms with Crippen LogP contribution in [0.25, 0.3) is 0 Å². The predicted octanol–water partition coefficient (Wildman–Crippen LogP) is 3.36. The van der Waals surface area contributed by atoms with Crippen molar-refractivity contribution in [2.75, 3.05) is 19.8 Å². The summed E-state index contributed by atoms with van der Waals surface area (Å²) in [6.07, 6.45) is 3.69. The first kappa shape index (κ1) is 17.2. The van der Waals surface area contributed by atoms with Crippen LogP contribution in [-0.4, -0.2) is 25.7 Å². The fraction of sp³-hybridized carbons (Fsp3) is 0.500. The Morgan fingerprint density at radius 3 is 2.65 bits per heavy atom. The molecule has 0 radical (unpaired) electrons. The molecule has 126 valence electrons. The molecule has 1 unspecified atom stereocenters. The lowest BCUT2D eigenvalue weighted by Crippen LogP contribution is -2.29. The number of allylic oxidation sites excluding steroid dienone is 1. The van der Waals surface area contributed by atoms with Gasteiger partial charge in [-0.05, 0) is 57.4 Å². The van der Waals surface area contributed by atoms with Gasteiger partial charge in [0.1, 0.15) is 0 Å². The first-order valence-electron chi connectivity index (χ1n) is 8.19. The van der Waals surface area contributed by atoms with Gasteiger partial charge < -0.3 is 19.5 Å². The van der Waals surface area contributed by atoms with Gasteiger partial charge >= 0.3 is 0 Å². The Bertz CT molecular complexity index is 568. The quantitative estimate of drug-likeness (QED) is 0.837. The van der Waals surface area contributed by atoms with Crippen LogP contribution in [0, 0.1) is 0 Å². The van der Waals surface area contributed by atoms with Gasteiger partial charge in [0.2, 0.25) is 0 Å². The molecular weight excluding hydrogens is 294 g/mol. The normalized spacial score (nSPS) is 15.2.